The highest BCUT2D eigenvalue weighted by molar-refractivity contribution is 9.10. The number of hydrogen-bond acceptors (Lipinski definition) is 3. The standard InChI is InChI=1S/C16H21BrN2O2/c1-11(16(20)18-14-5-6-14)19-7-8-21-15(10-19)12-3-2-4-13(17)9-12/h2-4,9,11,14-15H,5-8,10H2,1H3,(H,18,20)/t11-,15+/m0/s1. The average Bonchev–Trinajstić information content (AvgIpc) is 3.30. The van der Waals surface area contributed by atoms with E-state index in [1.54, 1.807) is 0 Å². The molecule has 1 N–H and O–H groups in total. The number of halogens is 1. The van der Waals surface area contributed by atoms with Crippen LogP contribution in [-0.2, 0) is 9.53 Å². The highest BCUT2D eigenvalue weighted by atomic mass is 79.9. The lowest BCUT2D eigenvalue weighted by atomic mass is 10.1. The highest BCUT2D eigenvalue weighted by Gasteiger charge is 2.31. The Bertz CT molecular complexity index is 519. The van der Waals surface area contributed by atoms with Crippen LogP contribution in [0.15, 0.2) is 28.7 Å². The van der Waals surface area contributed by atoms with Crippen LogP contribution >= 0.6 is 15.9 Å². The van der Waals surface area contributed by atoms with Crippen molar-refractivity contribution >= 4 is 21.8 Å². The van der Waals surface area contributed by atoms with Gasteiger partial charge >= 0.3 is 0 Å². The summed E-state index contributed by atoms with van der Waals surface area (Å²) >= 11 is 3.50. The van der Waals surface area contributed by atoms with Crippen molar-refractivity contribution in [1.82, 2.24) is 10.2 Å². The van der Waals surface area contributed by atoms with E-state index in [1.165, 1.54) is 0 Å². The SMILES string of the molecule is C[C@@H](C(=O)NC1CC1)N1CCO[C@@H](c2cccc(Br)c2)C1. The zero-order valence-electron chi connectivity index (χ0n) is 12.2. The van der Waals surface area contributed by atoms with E-state index in [0.29, 0.717) is 12.6 Å². The molecule has 2 atom stereocenters. The Kier molecular flexibility index (Phi) is 4.62. The number of ether oxygens (including phenoxy) is 1. The van der Waals surface area contributed by atoms with Crippen molar-refractivity contribution in [3.8, 4) is 0 Å². The summed E-state index contributed by atoms with van der Waals surface area (Å²) < 4.78 is 6.93. The van der Waals surface area contributed by atoms with Gasteiger partial charge < -0.3 is 10.1 Å². The summed E-state index contributed by atoms with van der Waals surface area (Å²) in [4.78, 5) is 14.4. The van der Waals surface area contributed by atoms with E-state index < -0.39 is 0 Å². The number of benzene rings is 1. The lowest BCUT2D eigenvalue weighted by molar-refractivity contribution is -0.129. The van der Waals surface area contributed by atoms with E-state index in [4.69, 9.17) is 4.74 Å². The molecule has 2 aliphatic rings. The first-order valence-corrected chi connectivity index (χ1v) is 8.34. The van der Waals surface area contributed by atoms with Crippen molar-refractivity contribution < 1.29 is 9.53 Å². The number of amides is 1. The summed E-state index contributed by atoms with van der Waals surface area (Å²) in [5.74, 6) is 0.146. The van der Waals surface area contributed by atoms with E-state index in [0.717, 1.165) is 36.0 Å². The minimum Gasteiger partial charge on any atom is -0.371 e. The van der Waals surface area contributed by atoms with Gasteiger partial charge in [-0.25, -0.2) is 0 Å². The van der Waals surface area contributed by atoms with E-state index >= 15 is 0 Å². The minimum absolute atomic E-state index is 0.0347. The van der Waals surface area contributed by atoms with E-state index in [2.05, 4.69) is 38.3 Å². The zero-order valence-corrected chi connectivity index (χ0v) is 13.8. The Hall–Kier alpha value is -0.910. The normalized spacial score (nSPS) is 24.6. The van der Waals surface area contributed by atoms with Crippen LogP contribution in [0.25, 0.3) is 0 Å². The quantitative estimate of drug-likeness (QED) is 0.904. The van der Waals surface area contributed by atoms with Crippen LogP contribution < -0.4 is 5.32 Å². The fourth-order valence-electron chi connectivity index (χ4n) is 2.64. The molecule has 1 aliphatic heterocycles. The molecule has 0 aromatic heterocycles. The molecule has 0 bridgehead atoms. The topological polar surface area (TPSA) is 41.6 Å². The monoisotopic (exact) mass is 352 g/mol. The molecule has 0 unspecified atom stereocenters. The van der Waals surface area contributed by atoms with Crippen LogP contribution in [0.2, 0.25) is 0 Å². The Labute approximate surface area is 134 Å². The molecule has 1 aromatic carbocycles. The fraction of sp³-hybridized carbons (Fsp3) is 0.562. The number of nitrogens with one attached hydrogen (secondary N) is 1. The molecule has 21 heavy (non-hydrogen) atoms. The predicted octanol–water partition coefficient (Wildman–Crippen LogP) is 2.49. The maximum Gasteiger partial charge on any atom is 0.237 e. The summed E-state index contributed by atoms with van der Waals surface area (Å²) in [6.07, 6.45) is 2.29. The first-order chi connectivity index (χ1) is 10.1. The molecule has 114 valence electrons. The Morgan fingerprint density at radius 2 is 2.29 bits per heavy atom. The molecule has 5 heteroatoms. The van der Waals surface area contributed by atoms with Gasteiger partial charge in [0, 0.05) is 23.6 Å². The molecule has 1 saturated carbocycles. The molecule has 2 fully saturated rings. The minimum atomic E-state index is -0.0934. The third kappa shape index (κ3) is 3.84. The summed E-state index contributed by atoms with van der Waals surface area (Å²) in [7, 11) is 0. The van der Waals surface area contributed by atoms with Gasteiger partial charge in [0.05, 0.1) is 18.8 Å². The predicted molar refractivity (Wildman–Crippen MR) is 85.0 cm³/mol. The second-order valence-electron chi connectivity index (χ2n) is 5.87. The van der Waals surface area contributed by atoms with Gasteiger partial charge in [0.1, 0.15) is 0 Å². The van der Waals surface area contributed by atoms with Crippen molar-refractivity contribution in [2.24, 2.45) is 0 Å². The molecule has 0 radical (unpaired) electrons. The molecule has 1 amide bonds. The summed E-state index contributed by atoms with van der Waals surface area (Å²) in [6, 6.07) is 8.52. The Morgan fingerprint density at radius 1 is 1.48 bits per heavy atom. The van der Waals surface area contributed by atoms with Crippen LogP contribution in [0.5, 0.6) is 0 Å². The molecular weight excluding hydrogens is 332 g/mol. The van der Waals surface area contributed by atoms with Gasteiger partial charge in [0.25, 0.3) is 0 Å². The third-order valence-corrected chi connectivity index (χ3v) is 4.66. The third-order valence-electron chi connectivity index (χ3n) is 4.17. The molecule has 1 heterocycles. The Morgan fingerprint density at radius 3 is 3.00 bits per heavy atom. The van der Waals surface area contributed by atoms with Gasteiger partial charge in [-0.2, -0.15) is 0 Å². The number of hydrogen-bond donors (Lipinski definition) is 1. The van der Waals surface area contributed by atoms with Gasteiger partial charge in [-0.15, -0.1) is 0 Å². The largest absolute Gasteiger partial charge is 0.371 e. The molecule has 1 saturated heterocycles. The van der Waals surface area contributed by atoms with Gasteiger partial charge in [-0.1, -0.05) is 28.1 Å². The smallest absolute Gasteiger partial charge is 0.237 e. The number of carbonyl (C=O) groups excluding carboxylic acids is 1. The first-order valence-electron chi connectivity index (χ1n) is 7.55. The maximum absolute atomic E-state index is 12.2. The van der Waals surface area contributed by atoms with E-state index in [1.807, 2.05) is 19.1 Å². The van der Waals surface area contributed by atoms with Crippen LogP contribution in [0.4, 0.5) is 0 Å². The van der Waals surface area contributed by atoms with E-state index in [9.17, 15) is 4.79 Å². The molecule has 3 rings (SSSR count). The van der Waals surface area contributed by atoms with Crippen LogP contribution in [0.1, 0.15) is 31.4 Å². The van der Waals surface area contributed by atoms with Crippen molar-refractivity contribution in [3.63, 3.8) is 0 Å². The summed E-state index contributed by atoms with van der Waals surface area (Å²) in [5.41, 5.74) is 1.16. The Balaban J connectivity index is 1.63. The van der Waals surface area contributed by atoms with Crippen molar-refractivity contribution in [1.29, 1.82) is 0 Å². The van der Waals surface area contributed by atoms with Gasteiger partial charge in [-0.05, 0) is 37.5 Å². The first kappa shape index (κ1) is 15.0. The molecule has 1 aromatic rings. The lowest BCUT2D eigenvalue weighted by Crippen LogP contribution is -2.50. The van der Waals surface area contributed by atoms with Gasteiger partial charge in [-0.3, -0.25) is 9.69 Å². The molecule has 4 nitrogen and oxygen atoms in total. The second kappa shape index (κ2) is 6.46. The van der Waals surface area contributed by atoms with E-state index in [-0.39, 0.29) is 18.1 Å². The molecule has 0 spiro atoms. The number of morpholine rings is 1. The fourth-order valence-corrected chi connectivity index (χ4v) is 3.06. The van der Waals surface area contributed by atoms with Gasteiger partial charge in [0.15, 0.2) is 0 Å². The van der Waals surface area contributed by atoms with Gasteiger partial charge in [0.2, 0.25) is 5.91 Å². The van der Waals surface area contributed by atoms with Crippen molar-refractivity contribution in [2.45, 2.75) is 38.0 Å². The summed E-state index contributed by atoms with van der Waals surface area (Å²) in [6.45, 7) is 4.22. The lowest BCUT2D eigenvalue weighted by Gasteiger charge is -2.36. The van der Waals surface area contributed by atoms with Crippen LogP contribution in [0.3, 0.4) is 0 Å². The molecule has 1 aliphatic carbocycles. The second-order valence-corrected chi connectivity index (χ2v) is 6.78. The van der Waals surface area contributed by atoms with Crippen LogP contribution in [0, 0.1) is 0 Å². The average molecular weight is 353 g/mol. The van der Waals surface area contributed by atoms with Crippen molar-refractivity contribution in [2.75, 3.05) is 19.7 Å². The highest BCUT2D eigenvalue weighted by Crippen LogP contribution is 2.26. The number of carbonyl (C=O) groups is 1. The van der Waals surface area contributed by atoms with Crippen LogP contribution in [-0.4, -0.2) is 42.6 Å². The zero-order chi connectivity index (χ0) is 14.8. The number of nitrogens with zero attached hydrogens (tertiary/aromatic N) is 1. The maximum atomic E-state index is 12.2. The summed E-state index contributed by atoms with van der Waals surface area (Å²) in [5, 5.41) is 3.09. The number of rotatable bonds is 4. The van der Waals surface area contributed by atoms with Crippen molar-refractivity contribution in [3.05, 3.63) is 34.3 Å². The molecular formula is C16H21BrN2O2.